The number of rotatable bonds is 6. The molecule has 2 aliphatic carbocycles. The Morgan fingerprint density at radius 3 is 2.57 bits per heavy atom. The zero-order valence-corrected chi connectivity index (χ0v) is 20.6. The van der Waals surface area contributed by atoms with Crippen LogP contribution in [0.1, 0.15) is 57.1 Å². The summed E-state index contributed by atoms with van der Waals surface area (Å²) >= 11 is 6.26. The third-order valence-electron chi connectivity index (χ3n) is 7.28. The molecule has 0 spiro atoms. The molecule has 9 nitrogen and oxygen atoms in total. The van der Waals surface area contributed by atoms with Gasteiger partial charge in [-0.2, -0.15) is 10.2 Å². The second kappa shape index (κ2) is 9.06. The smallest absolute Gasteiger partial charge is 0.252 e. The molecule has 2 aromatic heterocycles. The number of anilines is 3. The van der Waals surface area contributed by atoms with Gasteiger partial charge in [0.1, 0.15) is 11.3 Å². The average Bonchev–Trinajstić information content (AvgIpc) is 3.17. The van der Waals surface area contributed by atoms with Crippen molar-refractivity contribution in [2.24, 2.45) is 11.1 Å². The summed E-state index contributed by atoms with van der Waals surface area (Å²) in [5, 5.41) is 15.0. The topological polar surface area (TPSA) is 135 Å². The van der Waals surface area contributed by atoms with Gasteiger partial charge in [0.05, 0.1) is 28.5 Å². The Hall–Kier alpha value is -3.59. The molecule has 0 bridgehead atoms. The molecule has 2 aliphatic rings. The van der Waals surface area contributed by atoms with E-state index in [1.165, 1.54) is 12.3 Å². The van der Waals surface area contributed by atoms with Crippen LogP contribution in [0.3, 0.4) is 0 Å². The number of imidazole rings is 1. The first-order valence-corrected chi connectivity index (χ1v) is 12.2. The van der Waals surface area contributed by atoms with Crippen LogP contribution in [-0.4, -0.2) is 37.4 Å². The highest BCUT2D eigenvalue weighted by Crippen LogP contribution is 2.43. The lowest BCUT2D eigenvalue weighted by molar-refractivity contribution is -0.128. The Kier molecular flexibility index (Phi) is 6.14. The number of alkyl halides is 2. The monoisotopic (exact) mass is 532 g/mol. The molecule has 5 rings (SSSR count). The standard InChI is InChI=1S/C24H24ClF3N8O/c1-23(20(30)37)4-2-14(3-5-23)36-19-17(11-31-21(35-19)32-13-8-24(27,28)9-13)33-22(36)34-18-15(25)6-12(10-29)7-16(18)26/h6-7,11,13-14H,2-5,8-9H2,1H3,(H2,30,37)(H,33,34)(H,31,32,35)/t14-,23-. The van der Waals surface area contributed by atoms with Crippen molar-refractivity contribution in [3.05, 3.63) is 34.7 Å². The molecule has 2 saturated carbocycles. The van der Waals surface area contributed by atoms with Crippen LogP contribution < -0.4 is 16.4 Å². The van der Waals surface area contributed by atoms with Gasteiger partial charge in [-0.15, -0.1) is 0 Å². The first kappa shape index (κ1) is 25.1. The van der Waals surface area contributed by atoms with Crippen molar-refractivity contribution in [2.45, 2.75) is 63.5 Å². The number of amides is 1. The van der Waals surface area contributed by atoms with E-state index in [0.717, 1.165) is 6.07 Å². The van der Waals surface area contributed by atoms with Crippen LogP contribution in [0.2, 0.25) is 5.02 Å². The van der Waals surface area contributed by atoms with Crippen LogP contribution >= 0.6 is 11.6 Å². The zero-order chi connectivity index (χ0) is 26.5. The summed E-state index contributed by atoms with van der Waals surface area (Å²) in [6.07, 6.45) is 3.08. The maximum absolute atomic E-state index is 14.8. The number of halogens is 4. The lowest BCUT2D eigenvalue weighted by atomic mass is 9.73. The van der Waals surface area contributed by atoms with Gasteiger partial charge in [0.2, 0.25) is 17.8 Å². The Bertz CT molecular complexity index is 1400. The summed E-state index contributed by atoms with van der Waals surface area (Å²) in [5.41, 5.74) is 5.82. The normalized spacial score (nSPS) is 23.3. The zero-order valence-electron chi connectivity index (χ0n) is 19.9. The number of nitrogens with zero attached hydrogens (tertiary/aromatic N) is 5. The number of nitriles is 1. The van der Waals surface area contributed by atoms with Crippen molar-refractivity contribution in [3.63, 3.8) is 0 Å². The van der Waals surface area contributed by atoms with Crippen molar-refractivity contribution in [1.29, 1.82) is 5.26 Å². The fraction of sp³-hybridized carbons (Fsp3) is 0.458. The van der Waals surface area contributed by atoms with Crippen LogP contribution in [0.5, 0.6) is 0 Å². The lowest BCUT2D eigenvalue weighted by Crippen LogP contribution is -2.44. The van der Waals surface area contributed by atoms with Crippen molar-refractivity contribution in [1.82, 2.24) is 19.5 Å². The molecule has 0 atom stereocenters. The van der Waals surface area contributed by atoms with Gasteiger partial charge in [0.25, 0.3) is 5.92 Å². The molecule has 3 aromatic rings. The van der Waals surface area contributed by atoms with Gasteiger partial charge in [-0.05, 0) is 37.8 Å². The number of nitrogens with one attached hydrogen (secondary N) is 2. The summed E-state index contributed by atoms with van der Waals surface area (Å²) in [5.74, 6) is -3.36. The highest BCUT2D eigenvalue weighted by molar-refractivity contribution is 6.33. The molecule has 2 fully saturated rings. The molecule has 4 N–H and O–H groups in total. The predicted octanol–water partition coefficient (Wildman–Crippen LogP) is 5.05. The van der Waals surface area contributed by atoms with Crippen molar-refractivity contribution < 1.29 is 18.0 Å². The Morgan fingerprint density at radius 1 is 1.27 bits per heavy atom. The van der Waals surface area contributed by atoms with E-state index in [9.17, 15) is 18.0 Å². The fourth-order valence-electron chi connectivity index (χ4n) is 4.95. The van der Waals surface area contributed by atoms with E-state index in [0.29, 0.717) is 36.8 Å². The number of nitrogens with two attached hydrogens (primary N) is 1. The molecule has 194 valence electrons. The van der Waals surface area contributed by atoms with Gasteiger partial charge >= 0.3 is 0 Å². The third kappa shape index (κ3) is 4.75. The molecule has 0 radical (unpaired) electrons. The van der Waals surface area contributed by atoms with Gasteiger partial charge in [-0.25, -0.2) is 23.1 Å². The quantitative estimate of drug-likeness (QED) is 0.404. The van der Waals surface area contributed by atoms with E-state index in [4.69, 9.17) is 22.6 Å². The summed E-state index contributed by atoms with van der Waals surface area (Å²) in [7, 11) is 0. The molecular weight excluding hydrogens is 509 g/mol. The molecule has 13 heteroatoms. The molecule has 0 aliphatic heterocycles. The lowest BCUT2D eigenvalue weighted by Gasteiger charge is -2.36. The van der Waals surface area contributed by atoms with E-state index in [1.54, 1.807) is 4.57 Å². The largest absolute Gasteiger partial charge is 0.369 e. The van der Waals surface area contributed by atoms with Crippen LogP contribution in [0, 0.1) is 22.6 Å². The highest BCUT2D eigenvalue weighted by atomic mass is 35.5. The summed E-state index contributed by atoms with van der Waals surface area (Å²) < 4.78 is 43.2. The van der Waals surface area contributed by atoms with Crippen LogP contribution in [0.15, 0.2) is 18.3 Å². The number of hydrogen-bond donors (Lipinski definition) is 3. The van der Waals surface area contributed by atoms with Crippen LogP contribution in [0.4, 0.5) is 30.8 Å². The van der Waals surface area contributed by atoms with Gasteiger partial charge in [-0.1, -0.05) is 18.5 Å². The van der Waals surface area contributed by atoms with Gasteiger partial charge in [0.15, 0.2) is 5.65 Å². The molecule has 37 heavy (non-hydrogen) atoms. The number of benzene rings is 1. The van der Waals surface area contributed by atoms with Gasteiger partial charge in [0, 0.05) is 30.3 Å². The van der Waals surface area contributed by atoms with E-state index in [1.807, 2.05) is 13.0 Å². The number of carbonyl (C=O) groups is 1. The number of carbonyl (C=O) groups excluding carboxylic acids is 1. The Labute approximate surface area is 215 Å². The third-order valence-corrected chi connectivity index (χ3v) is 7.58. The van der Waals surface area contributed by atoms with E-state index in [2.05, 4.69) is 25.6 Å². The number of aromatic nitrogens is 4. The Morgan fingerprint density at radius 2 is 1.97 bits per heavy atom. The Balaban J connectivity index is 1.53. The second-order valence-electron chi connectivity index (χ2n) is 10.0. The van der Waals surface area contributed by atoms with Gasteiger partial charge < -0.3 is 16.4 Å². The first-order chi connectivity index (χ1) is 17.5. The summed E-state index contributed by atoms with van der Waals surface area (Å²) in [6, 6.07) is 3.65. The molecule has 2 heterocycles. The predicted molar refractivity (Wildman–Crippen MR) is 131 cm³/mol. The number of hydrogen-bond acceptors (Lipinski definition) is 7. The van der Waals surface area contributed by atoms with Crippen molar-refractivity contribution >= 4 is 46.3 Å². The minimum Gasteiger partial charge on any atom is -0.369 e. The SMILES string of the molecule is C[C@]1(C(N)=O)CC[C@H](n2c(Nc3c(F)cc(C#N)cc3Cl)nc3cnc(NC4CC(F)(F)C4)nc32)CC1. The summed E-state index contributed by atoms with van der Waals surface area (Å²) in [6.45, 7) is 1.83. The molecule has 1 amide bonds. The molecule has 0 unspecified atom stereocenters. The maximum atomic E-state index is 14.8. The molecule has 0 saturated heterocycles. The van der Waals surface area contributed by atoms with E-state index >= 15 is 0 Å². The fourth-order valence-corrected chi connectivity index (χ4v) is 5.21. The average molecular weight is 533 g/mol. The van der Waals surface area contributed by atoms with Crippen LogP contribution in [0.25, 0.3) is 11.2 Å². The number of primary amides is 1. The maximum Gasteiger partial charge on any atom is 0.252 e. The minimum atomic E-state index is -2.69. The van der Waals surface area contributed by atoms with Crippen LogP contribution in [-0.2, 0) is 4.79 Å². The second-order valence-corrected chi connectivity index (χ2v) is 10.4. The first-order valence-electron chi connectivity index (χ1n) is 11.8. The number of fused-ring (bicyclic) bond motifs is 1. The van der Waals surface area contributed by atoms with E-state index in [-0.39, 0.29) is 53.0 Å². The highest BCUT2D eigenvalue weighted by Gasteiger charge is 2.45. The van der Waals surface area contributed by atoms with Gasteiger partial charge in [-0.3, -0.25) is 9.36 Å². The van der Waals surface area contributed by atoms with E-state index < -0.39 is 23.2 Å². The minimum absolute atomic E-state index is 0.000504. The molecular formula is C24H24ClF3N8O. The van der Waals surface area contributed by atoms with Crippen molar-refractivity contribution in [2.75, 3.05) is 10.6 Å². The summed E-state index contributed by atoms with van der Waals surface area (Å²) in [4.78, 5) is 25.3. The van der Waals surface area contributed by atoms with Crippen molar-refractivity contribution in [3.8, 4) is 6.07 Å². The molecule has 1 aromatic carbocycles.